The standard InChI is InChI=1S/C24H26F28OSi2/c1-54(2,7-5-15(33,34)19(41,42)23(49,50)21(45,46)17(37,38)11(27)9(25)13(29)30)53-55(3,4)8-6-16(35,36)20(43,44)24(51,52)22(47,48)18(39,40)12(28)10(26)14(31)32/h9-14H,5-8H2,1-4H3/t9-,10-,11+,12+/m0/s1. The Balaban J connectivity index is 6.24. The first kappa shape index (κ1) is 53.4. The maximum atomic E-state index is 14.4. The summed E-state index contributed by atoms with van der Waals surface area (Å²) < 4.78 is 387. The third-order valence-corrected chi connectivity index (χ3v) is 15.0. The Morgan fingerprint density at radius 3 is 0.782 bits per heavy atom. The summed E-state index contributed by atoms with van der Waals surface area (Å²) >= 11 is 0. The van der Waals surface area contributed by atoms with E-state index in [2.05, 4.69) is 0 Å². The van der Waals surface area contributed by atoms with Gasteiger partial charge in [-0.15, -0.1) is 0 Å². The number of hydrogen-bond donors (Lipinski definition) is 0. The van der Waals surface area contributed by atoms with Crippen molar-refractivity contribution in [3.63, 3.8) is 0 Å². The van der Waals surface area contributed by atoms with Crippen LogP contribution < -0.4 is 0 Å². The van der Waals surface area contributed by atoms with Crippen molar-refractivity contribution >= 4 is 16.6 Å². The second kappa shape index (κ2) is 15.9. The van der Waals surface area contributed by atoms with Gasteiger partial charge in [0.2, 0.25) is 12.3 Å². The zero-order valence-electron chi connectivity index (χ0n) is 27.3. The molecule has 55 heavy (non-hydrogen) atoms. The Bertz CT molecular complexity index is 1170. The molecular weight excluding hydrogens is 892 g/mol. The Morgan fingerprint density at radius 1 is 0.364 bits per heavy atom. The summed E-state index contributed by atoms with van der Waals surface area (Å²) in [4.78, 5) is 0. The Labute approximate surface area is 292 Å². The summed E-state index contributed by atoms with van der Waals surface area (Å²) in [5.41, 5.74) is 0. The highest BCUT2D eigenvalue weighted by atomic mass is 28.4. The molecule has 0 aliphatic heterocycles. The fourth-order valence-corrected chi connectivity index (χ4v) is 13.0. The van der Waals surface area contributed by atoms with Crippen LogP contribution in [0.1, 0.15) is 12.8 Å². The predicted molar refractivity (Wildman–Crippen MR) is 136 cm³/mol. The lowest BCUT2D eigenvalue weighted by molar-refractivity contribution is -0.409. The number of halogens is 28. The van der Waals surface area contributed by atoms with E-state index in [1.54, 1.807) is 0 Å². The van der Waals surface area contributed by atoms with Crippen LogP contribution in [0.4, 0.5) is 123 Å². The van der Waals surface area contributed by atoms with Gasteiger partial charge in [-0.1, -0.05) is 0 Å². The molecule has 0 radical (unpaired) electrons. The van der Waals surface area contributed by atoms with Gasteiger partial charge in [0, 0.05) is 12.8 Å². The highest BCUT2D eigenvalue weighted by Crippen LogP contribution is 2.61. The van der Waals surface area contributed by atoms with Crippen LogP contribution in [0.15, 0.2) is 0 Å². The van der Waals surface area contributed by atoms with Gasteiger partial charge in [0.25, 0.3) is 12.9 Å². The van der Waals surface area contributed by atoms with E-state index in [1.165, 1.54) is 0 Å². The minimum absolute atomic E-state index is 0.574. The minimum Gasteiger partial charge on any atom is -0.455 e. The molecule has 4 atom stereocenters. The first-order valence-electron chi connectivity index (χ1n) is 14.3. The van der Waals surface area contributed by atoms with Crippen molar-refractivity contribution in [1.29, 1.82) is 0 Å². The van der Waals surface area contributed by atoms with Gasteiger partial charge in [0.05, 0.1) is 0 Å². The number of hydrogen-bond acceptors (Lipinski definition) is 1. The zero-order valence-corrected chi connectivity index (χ0v) is 29.3. The molecule has 0 heterocycles. The number of alkyl halides is 28. The van der Waals surface area contributed by atoms with E-state index in [0.29, 0.717) is 26.2 Å². The first-order valence-corrected chi connectivity index (χ1v) is 20.5. The van der Waals surface area contributed by atoms with E-state index in [4.69, 9.17) is 4.12 Å². The molecule has 0 aromatic rings. The summed E-state index contributed by atoms with van der Waals surface area (Å²) in [6.45, 7) is 2.30. The maximum Gasteiger partial charge on any atom is 0.384 e. The van der Waals surface area contributed by atoms with Crippen molar-refractivity contribution in [2.75, 3.05) is 0 Å². The van der Waals surface area contributed by atoms with Crippen molar-refractivity contribution in [3.05, 3.63) is 0 Å². The van der Waals surface area contributed by atoms with E-state index >= 15 is 0 Å². The van der Waals surface area contributed by atoms with Crippen molar-refractivity contribution in [2.45, 2.75) is 148 Å². The molecule has 0 saturated heterocycles. The molecule has 31 heteroatoms. The predicted octanol–water partition coefficient (Wildman–Crippen LogP) is 12.4. The Hall–Kier alpha value is -1.57. The van der Waals surface area contributed by atoms with Gasteiger partial charge in [0.1, 0.15) is 0 Å². The largest absolute Gasteiger partial charge is 0.455 e. The van der Waals surface area contributed by atoms with E-state index in [-0.39, 0.29) is 0 Å². The average Bonchev–Trinajstić information content (AvgIpc) is 2.99. The van der Waals surface area contributed by atoms with Gasteiger partial charge in [-0.2, -0.15) is 87.8 Å². The van der Waals surface area contributed by atoms with Crippen LogP contribution >= 0.6 is 0 Å². The molecule has 0 rings (SSSR count). The van der Waals surface area contributed by atoms with Gasteiger partial charge < -0.3 is 4.12 Å². The van der Waals surface area contributed by atoms with Gasteiger partial charge in [-0.05, 0) is 38.3 Å². The van der Waals surface area contributed by atoms with Gasteiger partial charge in [0.15, 0.2) is 29.0 Å². The Kier molecular flexibility index (Phi) is 15.4. The summed E-state index contributed by atoms with van der Waals surface area (Å²) in [7, 11) is -8.89. The van der Waals surface area contributed by atoms with Gasteiger partial charge in [-0.3, -0.25) is 0 Å². The van der Waals surface area contributed by atoms with Crippen LogP contribution in [0, 0.1) is 0 Å². The molecule has 332 valence electrons. The van der Waals surface area contributed by atoms with E-state index in [0.717, 1.165) is 0 Å². The SMILES string of the molecule is C[Si](C)(CCC(F)(F)C(F)(F)C(F)(F)C(F)(F)C(F)(F)[C@H](F)[C@H](F)C(F)F)O[Si](C)(C)CCC(F)(F)C(F)(F)C(F)(F)C(F)(F)C(F)(F)[C@H](F)[C@H](F)C(F)F. The van der Waals surface area contributed by atoms with Gasteiger partial charge in [-0.25, -0.2) is 35.1 Å². The maximum absolute atomic E-state index is 14.4. The van der Waals surface area contributed by atoms with Crippen LogP contribution in [0.5, 0.6) is 0 Å². The molecule has 0 saturated carbocycles. The molecule has 0 spiro atoms. The lowest BCUT2D eigenvalue weighted by Gasteiger charge is -2.42. The summed E-state index contributed by atoms with van der Waals surface area (Å²) in [5.74, 6) is -76.0. The smallest absolute Gasteiger partial charge is 0.384 e. The van der Waals surface area contributed by atoms with Crippen molar-refractivity contribution in [2.24, 2.45) is 0 Å². The highest BCUT2D eigenvalue weighted by molar-refractivity contribution is 6.84. The van der Waals surface area contributed by atoms with Crippen LogP contribution in [-0.4, -0.2) is 113 Å². The summed E-state index contributed by atoms with van der Waals surface area (Å²) in [6.07, 6.45) is -37.1. The van der Waals surface area contributed by atoms with Gasteiger partial charge >= 0.3 is 59.2 Å². The minimum atomic E-state index is -8.10. The lowest BCUT2D eigenvalue weighted by Crippen LogP contribution is -2.70. The van der Waals surface area contributed by atoms with Crippen LogP contribution in [-0.2, 0) is 4.12 Å². The summed E-state index contributed by atoms with van der Waals surface area (Å²) in [5, 5.41) is 0. The lowest BCUT2D eigenvalue weighted by atomic mass is 9.90. The molecule has 0 unspecified atom stereocenters. The molecule has 0 aromatic heterocycles. The second-order valence-electron chi connectivity index (χ2n) is 13.1. The molecule has 0 aliphatic rings. The molecule has 1 nitrogen and oxygen atoms in total. The second-order valence-corrected chi connectivity index (χ2v) is 21.9. The Morgan fingerprint density at radius 2 is 0.582 bits per heavy atom. The zero-order chi connectivity index (χ0) is 45.0. The number of rotatable bonds is 22. The fraction of sp³-hybridized carbons (Fsp3) is 1.00. The summed E-state index contributed by atoms with van der Waals surface area (Å²) in [6, 6.07) is -3.53. The third kappa shape index (κ3) is 9.51. The highest BCUT2D eigenvalue weighted by Gasteiger charge is 2.89. The topological polar surface area (TPSA) is 9.23 Å². The molecular formula is C24H26F28OSi2. The molecule has 0 bridgehead atoms. The molecule has 0 N–H and O–H groups in total. The molecule has 0 amide bonds. The molecule has 0 aliphatic carbocycles. The van der Waals surface area contributed by atoms with Crippen LogP contribution in [0.25, 0.3) is 0 Å². The van der Waals surface area contributed by atoms with Crippen molar-refractivity contribution in [1.82, 2.24) is 0 Å². The van der Waals surface area contributed by atoms with Crippen molar-refractivity contribution < 1.29 is 127 Å². The van der Waals surface area contributed by atoms with E-state index < -0.39 is 138 Å². The molecule has 0 aromatic carbocycles. The average molecular weight is 919 g/mol. The quantitative estimate of drug-likeness (QED) is 0.0777. The van der Waals surface area contributed by atoms with E-state index in [9.17, 15) is 123 Å². The third-order valence-electron chi connectivity index (χ3n) is 7.70. The van der Waals surface area contributed by atoms with Crippen LogP contribution in [0.3, 0.4) is 0 Å². The van der Waals surface area contributed by atoms with E-state index in [1.807, 2.05) is 0 Å². The van der Waals surface area contributed by atoms with Crippen LogP contribution in [0.2, 0.25) is 38.3 Å². The first-order chi connectivity index (χ1) is 23.7. The monoisotopic (exact) mass is 918 g/mol. The van der Waals surface area contributed by atoms with Crippen molar-refractivity contribution in [3.8, 4) is 0 Å². The normalized spacial score (nSPS) is 18.2. The molecule has 0 fully saturated rings. The fourth-order valence-electron chi connectivity index (χ4n) is 4.35.